The molecule has 4 heterocycles. The molecule has 0 radical (unpaired) electrons. The molecule has 1 aliphatic heterocycles. The normalized spacial score (nSPS) is 15.6. The smallest absolute Gasteiger partial charge is 0.160 e. The third-order valence-electron chi connectivity index (χ3n) is 11.3. The number of benzene rings is 7. The van der Waals surface area contributed by atoms with Gasteiger partial charge >= 0.3 is 0 Å². The van der Waals surface area contributed by atoms with Crippen LogP contribution >= 0.6 is 22.7 Å². The van der Waals surface area contributed by atoms with Crippen molar-refractivity contribution in [1.82, 2.24) is 9.88 Å². The van der Waals surface area contributed by atoms with Crippen molar-refractivity contribution in [2.24, 2.45) is 9.98 Å². The van der Waals surface area contributed by atoms with E-state index in [2.05, 4.69) is 155 Å². The summed E-state index contributed by atoms with van der Waals surface area (Å²) >= 11 is 3.76. The lowest BCUT2D eigenvalue weighted by Crippen LogP contribution is -2.33. The van der Waals surface area contributed by atoms with Gasteiger partial charge in [-0.05, 0) is 65.6 Å². The van der Waals surface area contributed by atoms with Crippen LogP contribution in [-0.2, 0) is 6.42 Å². The van der Waals surface area contributed by atoms with Gasteiger partial charge in [0.1, 0.15) is 12.0 Å². The van der Waals surface area contributed by atoms with Gasteiger partial charge in [-0.25, -0.2) is 9.98 Å². The molecule has 4 nitrogen and oxygen atoms in total. The van der Waals surface area contributed by atoms with Gasteiger partial charge in [0.05, 0.1) is 5.52 Å². The molecule has 0 bridgehead atoms. The molecule has 6 heteroatoms. The van der Waals surface area contributed by atoms with E-state index in [4.69, 9.17) is 9.98 Å². The average Bonchev–Trinajstić information content (AvgIpc) is 3.93. The Bertz CT molecular complexity index is 3290. The van der Waals surface area contributed by atoms with Crippen LogP contribution in [0.25, 0.3) is 73.8 Å². The van der Waals surface area contributed by atoms with Crippen molar-refractivity contribution < 1.29 is 0 Å². The molecule has 0 saturated heterocycles. The topological polar surface area (TPSA) is 41.7 Å². The fraction of sp³-hybridized carbons (Fsp3) is 0.0612. The molecule has 55 heavy (non-hydrogen) atoms. The lowest BCUT2D eigenvalue weighted by Gasteiger charge is -2.24. The highest BCUT2D eigenvalue weighted by molar-refractivity contribution is 7.26. The molecule has 1 atom stereocenters. The summed E-state index contributed by atoms with van der Waals surface area (Å²) in [4.78, 5) is 10.5. The van der Waals surface area contributed by atoms with Gasteiger partial charge in [-0.15, -0.1) is 22.7 Å². The molecule has 7 aromatic carbocycles. The first-order valence-electron chi connectivity index (χ1n) is 18.8. The maximum Gasteiger partial charge on any atom is 0.160 e. The van der Waals surface area contributed by atoms with Gasteiger partial charge in [-0.1, -0.05) is 121 Å². The number of hydrogen-bond acceptors (Lipinski definition) is 5. The number of allylic oxidation sites excluding steroid dienone is 1. The Kier molecular flexibility index (Phi) is 6.82. The minimum Gasteiger partial charge on any atom is -0.344 e. The first kappa shape index (κ1) is 31.1. The summed E-state index contributed by atoms with van der Waals surface area (Å²) in [5, 5.41) is 12.7. The zero-order valence-electron chi connectivity index (χ0n) is 29.7. The third-order valence-corrected chi connectivity index (χ3v) is 13.5. The summed E-state index contributed by atoms with van der Waals surface area (Å²) in [6.45, 7) is 0. The molecule has 0 spiro atoms. The first-order valence-corrected chi connectivity index (χ1v) is 20.5. The van der Waals surface area contributed by atoms with Crippen molar-refractivity contribution in [1.29, 1.82) is 0 Å². The number of hydrogen-bond donors (Lipinski definition) is 1. The van der Waals surface area contributed by atoms with Crippen molar-refractivity contribution in [2.75, 3.05) is 0 Å². The maximum atomic E-state index is 5.28. The summed E-state index contributed by atoms with van der Waals surface area (Å²) in [5.41, 5.74) is 8.46. The minimum absolute atomic E-state index is 0.256. The van der Waals surface area contributed by atoms with Gasteiger partial charge in [0.25, 0.3) is 0 Å². The largest absolute Gasteiger partial charge is 0.344 e. The lowest BCUT2D eigenvalue weighted by molar-refractivity contribution is 0.674. The van der Waals surface area contributed by atoms with E-state index in [1.165, 1.54) is 73.6 Å². The van der Waals surface area contributed by atoms with E-state index in [-0.39, 0.29) is 6.17 Å². The number of aliphatic imine (C=N–C) groups is 2. The van der Waals surface area contributed by atoms with Crippen molar-refractivity contribution >= 4 is 102 Å². The van der Waals surface area contributed by atoms with Gasteiger partial charge in [-0.2, -0.15) is 0 Å². The lowest BCUT2D eigenvalue weighted by atomic mass is 9.98. The maximum absolute atomic E-state index is 5.28. The Morgan fingerprint density at radius 1 is 0.600 bits per heavy atom. The van der Waals surface area contributed by atoms with Crippen LogP contribution in [0.3, 0.4) is 0 Å². The number of amidine groups is 2. The average molecular weight is 741 g/mol. The highest BCUT2D eigenvalue weighted by Gasteiger charge is 2.25. The Labute approximate surface area is 325 Å². The molecule has 260 valence electrons. The van der Waals surface area contributed by atoms with E-state index in [1.807, 2.05) is 34.8 Å². The Morgan fingerprint density at radius 3 is 2.22 bits per heavy atom. The highest BCUT2D eigenvalue weighted by Crippen LogP contribution is 2.46. The van der Waals surface area contributed by atoms with Crippen LogP contribution in [0.1, 0.15) is 40.5 Å². The van der Waals surface area contributed by atoms with Crippen LogP contribution in [0, 0.1) is 0 Å². The van der Waals surface area contributed by atoms with Gasteiger partial charge in [0.2, 0.25) is 0 Å². The predicted molar refractivity (Wildman–Crippen MR) is 236 cm³/mol. The Balaban J connectivity index is 1.07. The summed E-state index contributed by atoms with van der Waals surface area (Å²) in [5.74, 6) is 1.57. The van der Waals surface area contributed by atoms with E-state index in [0.29, 0.717) is 0 Å². The van der Waals surface area contributed by atoms with Crippen LogP contribution in [-0.4, -0.2) is 16.2 Å². The molecule has 12 rings (SSSR count). The van der Waals surface area contributed by atoms with Gasteiger partial charge in [0, 0.05) is 73.8 Å². The monoisotopic (exact) mass is 740 g/mol. The SMILES string of the molecule is C1=Cc2c(n(-c3ccc4c(c3)sc3cc(C5=NC(c6ccccc6)NC(c6ccccc6)=N5)c5ccccc5c34)c3ccc4sc5ccccc5c4c23)CC1. The zero-order chi connectivity index (χ0) is 36.0. The molecule has 10 aromatic rings. The van der Waals surface area contributed by atoms with Crippen molar-refractivity contribution in [3.63, 3.8) is 0 Å². The summed E-state index contributed by atoms with van der Waals surface area (Å²) in [6.07, 6.45) is 6.53. The molecule has 3 aromatic heterocycles. The number of aromatic nitrogens is 1. The second-order valence-corrected chi connectivity index (χ2v) is 16.6. The number of nitrogens with zero attached hydrogens (tertiary/aromatic N) is 3. The molecule has 1 N–H and O–H groups in total. The van der Waals surface area contributed by atoms with Crippen LogP contribution in [0.2, 0.25) is 0 Å². The van der Waals surface area contributed by atoms with Crippen molar-refractivity contribution in [2.45, 2.75) is 19.0 Å². The standard InChI is InChI=1S/C49H32N4S2/c1-3-13-29(14-4-1)47-50-48(30-15-5-2-6-16-30)52-49(51-47)37-28-43-44(33-18-8-7-17-32(33)37)36-24-23-31(27-42(36)55-43)53-38-21-11-9-19-34(38)45-39(53)25-26-41-46(45)35-20-10-12-22-40(35)54-41/h1-10,12-20,22-28,47H,11,21H2,(H,50,51,52). The molecule has 0 amide bonds. The quantitative estimate of drug-likeness (QED) is 0.192. The summed E-state index contributed by atoms with van der Waals surface area (Å²) < 4.78 is 7.76. The predicted octanol–water partition coefficient (Wildman–Crippen LogP) is 13.0. The number of rotatable bonds is 4. The fourth-order valence-corrected chi connectivity index (χ4v) is 11.2. The molecule has 2 aliphatic rings. The Hall–Kier alpha value is -6.34. The van der Waals surface area contributed by atoms with Gasteiger partial charge < -0.3 is 9.88 Å². The van der Waals surface area contributed by atoms with E-state index >= 15 is 0 Å². The van der Waals surface area contributed by atoms with Crippen LogP contribution in [0.5, 0.6) is 0 Å². The molecular formula is C49H32N4S2. The van der Waals surface area contributed by atoms with Gasteiger partial charge in [0.15, 0.2) is 5.84 Å². The second kappa shape index (κ2) is 12.1. The number of nitrogens with one attached hydrogen (secondary N) is 1. The molecule has 0 saturated carbocycles. The molecular weight excluding hydrogens is 709 g/mol. The third kappa shape index (κ3) is 4.75. The Morgan fingerprint density at radius 2 is 1.35 bits per heavy atom. The van der Waals surface area contributed by atoms with Crippen LogP contribution in [0.4, 0.5) is 0 Å². The molecule has 0 fully saturated rings. The summed E-state index contributed by atoms with van der Waals surface area (Å²) in [7, 11) is 0. The van der Waals surface area contributed by atoms with Crippen molar-refractivity contribution in [3.05, 3.63) is 180 Å². The molecule has 1 unspecified atom stereocenters. The van der Waals surface area contributed by atoms with E-state index in [0.717, 1.165) is 46.6 Å². The van der Waals surface area contributed by atoms with E-state index < -0.39 is 0 Å². The number of fused-ring (bicyclic) bond motifs is 12. The van der Waals surface area contributed by atoms with Gasteiger partial charge in [-0.3, -0.25) is 0 Å². The number of thiophene rings is 2. The zero-order valence-corrected chi connectivity index (χ0v) is 31.3. The van der Waals surface area contributed by atoms with Crippen LogP contribution in [0.15, 0.2) is 162 Å². The summed E-state index contributed by atoms with van der Waals surface area (Å²) in [6, 6.07) is 52.6. The first-order chi connectivity index (χ1) is 27.3. The molecule has 1 aliphatic carbocycles. The fourth-order valence-electron chi connectivity index (χ4n) is 8.89. The minimum atomic E-state index is -0.256. The van der Waals surface area contributed by atoms with E-state index in [1.54, 1.807) is 0 Å². The van der Waals surface area contributed by atoms with Crippen molar-refractivity contribution in [3.8, 4) is 5.69 Å². The highest BCUT2D eigenvalue weighted by atomic mass is 32.1. The second-order valence-electron chi connectivity index (χ2n) is 14.4. The van der Waals surface area contributed by atoms with E-state index in [9.17, 15) is 0 Å². The van der Waals surface area contributed by atoms with Crippen LogP contribution < -0.4 is 5.32 Å².